The zero-order valence-electron chi connectivity index (χ0n) is 8.03. The zero-order valence-corrected chi connectivity index (χ0v) is 8.79. The highest BCUT2D eigenvalue weighted by molar-refractivity contribution is 6.31. The zero-order chi connectivity index (χ0) is 9.02. The molecule has 0 N–H and O–H groups in total. The fraction of sp³-hybridized carbons (Fsp3) is 0.600. The van der Waals surface area contributed by atoms with Gasteiger partial charge in [-0.3, -0.25) is 0 Å². The SMILES string of the molecule is CC(C)=C/C(Cl)=C(\C)C(C)C. The van der Waals surface area contributed by atoms with E-state index >= 15 is 0 Å². The summed E-state index contributed by atoms with van der Waals surface area (Å²) in [5.74, 6) is 0.540. The van der Waals surface area contributed by atoms with Crippen molar-refractivity contribution in [3.05, 3.63) is 22.3 Å². The number of hydrogen-bond donors (Lipinski definition) is 0. The number of allylic oxidation sites excluding steroid dienone is 4. The molecule has 64 valence electrons. The minimum absolute atomic E-state index is 0.540. The van der Waals surface area contributed by atoms with E-state index in [-0.39, 0.29) is 0 Å². The van der Waals surface area contributed by atoms with Gasteiger partial charge in [0.2, 0.25) is 0 Å². The van der Waals surface area contributed by atoms with E-state index in [1.807, 2.05) is 6.08 Å². The van der Waals surface area contributed by atoms with E-state index in [2.05, 4.69) is 34.6 Å². The van der Waals surface area contributed by atoms with Gasteiger partial charge in [0.1, 0.15) is 0 Å². The highest BCUT2D eigenvalue weighted by Crippen LogP contribution is 2.19. The van der Waals surface area contributed by atoms with E-state index in [4.69, 9.17) is 11.6 Å². The largest absolute Gasteiger partial charge is 0.0844 e. The molecule has 0 spiro atoms. The van der Waals surface area contributed by atoms with Crippen LogP contribution in [0.25, 0.3) is 0 Å². The molecule has 0 aliphatic rings. The summed E-state index contributed by atoms with van der Waals surface area (Å²) in [7, 11) is 0. The van der Waals surface area contributed by atoms with Gasteiger partial charge in [0.25, 0.3) is 0 Å². The van der Waals surface area contributed by atoms with Crippen molar-refractivity contribution in [3.63, 3.8) is 0 Å². The summed E-state index contributed by atoms with van der Waals surface area (Å²) < 4.78 is 0. The van der Waals surface area contributed by atoms with Crippen LogP contribution in [0.2, 0.25) is 0 Å². The van der Waals surface area contributed by atoms with Crippen molar-refractivity contribution in [3.8, 4) is 0 Å². The van der Waals surface area contributed by atoms with Crippen molar-refractivity contribution in [1.29, 1.82) is 0 Å². The quantitative estimate of drug-likeness (QED) is 0.550. The molecule has 0 unspecified atom stereocenters. The molecule has 0 saturated carbocycles. The van der Waals surface area contributed by atoms with Gasteiger partial charge in [0.05, 0.1) is 0 Å². The van der Waals surface area contributed by atoms with E-state index in [9.17, 15) is 0 Å². The molecule has 0 bridgehead atoms. The Balaban J connectivity index is 4.54. The summed E-state index contributed by atoms with van der Waals surface area (Å²) in [6.07, 6.45) is 2.01. The van der Waals surface area contributed by atoms with Gasteiger partial charge in [-0.15, -0.1) is 0 Å². The minimum atomic E-state index is 0.540. The second kappa shape index (κ2) is 4.61. The minimum Gasteiger partial charge on any atom is -0.0844 e. The molecule has 0 amide bonds. The highest BCUT2D eigenvalue weighted by Gasteiger charge is 2.00. The molecule has 11 heavy (non-hydrogen) atoms. The molecular formula is C10H17Cl. The van der Waals surface area contributed by atoms with E-state index in [1.54, 1.807) is 0 Å². The van der Waals surface area contributed by atoms with Gasteiger partial charge in [-0.25, -0.2) is 0 Å². The van der Waals surface area contributed by atoms with Crippen LogP contribution in [-0.4, -0.2) is 0 Å². The van der Waals surface area contributed by atoms with E-state index in [0.29, 0.717) is 5.92 Å². The molecule has 0 saturated heterocycles. The van der Waals surface area contributed by atoms with Gasteiger partial charge in [-0.1, -0.05) is 36.6 Å². The van der Waals surface area contributed by atoms with Crippen molar-refractivity contribution in [2.45, 2.75) is 34.6 Å². The molecule has 0 nitrogen and oxygen atoms in total. The van der Waals surface area contributed by atoms with Crippen LogP contribution in [0.5, 0.6) is 0 Å². The van der Waals surface area contributed by atoms with Gasteiger partial charge in [0.15, 0.2) is 0 Å². The van der Waals surface area contributed by atoms with E-state index in [1.165, 1.54) is 11.1 Å². The lowest BCUT2D eigenvalue weighted by molar-refractivity contribution is 0.767. The summed E-state index contributed by atoms with van der Waals surface area (Å²) in [6, 6.07) is 0. The van der Waals surface area contributed by atoms with Crippen molar-refractivity contribution in [2.24, 2.45) is 5.92 Å². The van der Waals surface area contributed by atoms with E-state index in [0.717, 1.165) is 5.03 Å². The molecule has 0 aliphatic heterocycles. The Kier molecular flexibility index (Phi) is 4.51. The topological polar surface area (TPSA) is 0 Å². The van der Waals surface area contributed by atoms with Crippen LogP contribution in [0.15, 0.2) is 22.3 Å². The summed E-state index contributed by atoms with van der Waals surface area (Å²) in [5, 5.41) is 0.889. The third-order valence-electron chi connectivity index (χ3n) is 1.66. The molecule has 0 atom stereocenters. The predicted molar refractivity (Wildman–Crippen MR) is 52.8 cm³/mol. The van der Waals surface area contributed by atoms with Gasteiger partial charge in [-0.2, -0.15) is 0 Å². The molecule has 0 fully saturated rings. The summed E-state index contributed by atoms with van der Waals surface area (Å²) >= 11 is 6.02. The third kappa shape index (κ3) is 4.26. The van der Waals surface area contributed by atoms with Crippen molar-refractivity contribution in [2.75, 3.05) is 0 Å². The Hall–Kier alpha value is -0.230. The van der Waals surface area contributed by atoms with Gasteiger partial charge in [0, 0.05) is 5.03 Å². The lowest BCUT2D eigenvalue weighted by Gasteiger charge is -2.06. The molecular weight excluding hydrogens is 156 g/mol. The van der Waals surface area contributed by atoms with Crippen LogP contribution in [0.3, 0.4) is 0 Å². The van der Waals surface area contributed by atoms with Crippen molar-refractivity contribution in [1.82, 2.24) is 0 Å². The Labute approximate surface area is 74.9 Å². The van der Waals surface area contributed by atoms with Crippen LogP contribution >= 0.6 is 11.6 Å². The first-order valence-electron chi connectivity index (χ1n) is 3.96. The number of rotatable bonds is 2. The standard InChI is InChI=1S/C10H17Cl/c1-7(2)6-10(11)9(5)8(3)4/h6,8H,1-5H3/b10-9-. The van der Waals surface area contributed by atoms with Gasteiger partial charge < -0.3 is 0 Å². The summed E-state index contributed by atoms with van der Waals surface area (Å²) in [5.41, 5.74) is 2.50. The molecule has 1 heteroatoms. The van der Waals surface area contributed by atoms with Gasteiger partial charge in [-0.05, 0) is 32.8 Å². The monoisotopic (exact) mass is 172 g/mol. The third-order valence-corrected chi connectivity index (χ3v) is 2.07. The average Bonchev–Trinajstić information content (AvgIpc) is 1.84. The Morgan fingerprint density at radius 3 is 1.91 bits per heavy atom. The first kappa shape index (κ1) is 10.8. The first-order valence-corrected chi connectivity index (χ1v) is 4.34. The lowest BCUT2D eigenvalue weighted by Crippen LogP contribution is -1.90. The molecule has 0 aromatic carbocycles. The number of hydrogen-bond acceptors (Lipinski definition) is 0. The van der Waals surface area contributed by atoms with E-state index < -0.39 is 0 Å². The van der Waals surface area contributed by atoms with Crippen LogP contribution in [-0.2, 0) is 0 Å². The first-order chi connectivity index (χ1) is 4.95. The van der Waals surface area contributed by atoms with Crippen LogP contribution in [0, 0.1) is 5.92 Å². The maximum Gasteiger partial charge on any atom is 0.0397 e. The molecule has 0 radical (unpaired) electrons. The Morgan fingerprint density at radius 2 is 1.64 bits per heavy atom. The highest BCUT2D eigenvalue weighted by atomic mass is 35.5. The molecule has 0 aromatic rings. The Bertz CT molecular complexity index is 181. The van der Waals surface area contributed by atoms with Crippen LogP contribution in [0.1, 0.15) is 34.6 Å². The fourth-order valence-corrected chi connectivity index (χ4v) is 1.08. The molecule has 0 aromatic heterocycles. The Morgan fingerprint density at radius 1 is 1.18 bits per heavy atom. The van der Waals surface area contributed by atoms with Gasteiger partial charge >= 0.3 is 0 Å². The van der Waals surface area contributed by atoms with Crippen LogP contribution in [0.4, 0.5) is 0 Å². The number of halogens is 1. The molecule has 0 heterocycles. The van der Waals surface area contributed by atoms with Crippen molar-refractivity contribution >= 4 is 11.6 Å². The molecule has 0 aliphatic carbocycles. The second-order valence-corrected chi connectivity index (χ2v) is 3.81. The van der Waals surface area contributed by atoms with Crippen LogP contribution < -0.4 is 0 Å². The van der Waals surface area contributed by atoms with Crippen molar-refractivity contribution < 1.29 is 0 Å². The maximum atomic E-state index is 6.02. The summed E-state index contributed by atoms with van der Waals surface area (Å²) in [6.45, 7) is 10.5. The lowest BCUT2D eigenvalue weighted by atomic mass is 10.0. The summed E-state index contributed by atoms with van der Waals surface area (Å²) in [4.78, 5) is 0. The smallest absolute Gasteiger partial charge is 0.0397 e. The normalized spacial score (nSPS) is 13.0. The average molecular weight is 173 g/mol. The predicted octanol–water partition coefficient (Wildman–Crippen LogP) is 4.12. The fourth-order valence-electron chi connectivity index (χ4n) is 0.643. The second-order valence-electron chi connectivity index (χ2n) is 3.41. The maximum absolute atomic E-state index is 6.02. The molecule has 0 rings (SSSR count).